The molecule has 2 rings (SSSR count). The molecular formula is C13H17N3O2. The summed E-state index contributed by atoms with van der Waals surface area (Å²) in [6, 6.07) is 5.05. The highest BCUT2D eigenvalue weighted by atomic mass is 16.4. The molecule has 1 aromatic carbocycles. The lowest BCUT2D eigenvalue weighted by molar-refractivity contribution is 0.0698. The molecule has 0 unspecified atom stereocenters. The molecule has 96 valence electrons. The molecular weight excluding hydrogens is 230 g/mol. The molecule has 0 aliphatic carbocycles. The number of benzene rings is 1. The minimum atomic E-state index is -0.945. The van der Waals surface area contributed by atoms with Gasteiger partial charge in [-0.1, -0.05) is 32.1 Å². The topological polar surface area (TPSA) is 68.0 Å². The summed E-state index contributed by atoms with van der Waals surface area (Å²) in [6.07, 6.45) is 0.916. The van der Waals surface area contributed by atoms with E-state index in [4.69, 9.17) is 0 Å². The third-order valence-corrected chi connectivity index (χ3v) is 2.84. The van der Waals surface area contributed by atoms with Crippen LogP contribution in [0.15, 0.2) is 18.2 Å². The van der Waals surface area contributed by atoms with E-state index in [0.717, 1.165) is 6.42 Å². The summed E-state index contributed by atoms with van der Waals surface area (Å²) in [5.74, 6) is -0.945. The van der Waals surface area contributed by atoms with E-state index in [1.54, 1.807) is 22.9 Å². The molecule has 0 saturated heterocycles. The summed E-state index contributed by atoms with van der Waals surface area (Å²) in [5.41, 5.74) is 1.67. The Morgan fingerprint density at radius 1 is 1.39 bits per heavy atom. The fourth-order valence-corrected chi connectivity index (χ4v) is 1.80. The Kier molecular flexibility index (Phi) is 3.07. The van der Waals surface area contributed by atoms with Gasteiger partial charge in [0.05, 0.1) is 5.56 Å². The van der Waals surface area contributed by atoms with Crippen molar-refractivity contribution < 1.29 is 9.90 Å². The van der Waals surface area contributed by atoms with E-state index in [2.05, 4.69) is 31.1 Å². The average Bonchev–Trinajstić information content (AvgIpc) is 2.68. The number of aromatic nitrogens is 3. The van der Waals surface area contributed by atoms with Gasteiger partial charge in [-0.2, -0.15) is 0 Å². The Bertz CT molecular complexity index is 581. The lowest BCUT2D eigenvalue weighted by Crippen LogP contribution is -2.12. The van der Waals surface area contributed by atoms with Gasteiger partial charge in [0.15, 0.2) is 0 Å². The molecule has 0 amide bonds. The van der Waals surface area contributed by atoms with Gasteiger partial charge in [-0.05, 0) is 24.0 Å². The lowest BCUT2D eigenvalue weighted by Gasteiger charge is -2.17. The highest BCUT2D eigenvalue weighted by molar-refractivity contribution is 6.00. The normalized spacial score (nSPS) is 11.9. The quantitative estimate of drug-likeness (QED) is 0.905. The number of nitrogens with zero attached hydrogens (tertiary/aromatic N) is 3. The van der Waals surface area contributed by atoms with E-state index in [1.165, 1.54) is 0 Å². The van der Waals surface area contributed by atoms with Crippen LogP contribution in [0.2, 0.25) is 0 Å². The lowest BCUT2D eigenvalue weighted by atomic mass is 9.92. The maximum atomic E-state index is 11.2. The fourth-order valence-electron chi connectivity index (χ4n) is 1.80. The Morgan fingerprint density at radius 3 is 2.72 bits per heavy atom. The van der Waals surface area contributed by atoms with Crippen LogP contribution in [0.4, 0.5) is 0 Å². The first-order valence-electron chi connectivity index (χ1n) is 5.94. The van der Waals surface area contributed by atoms with Crippen LogP contribution in [-0.2, 0) is 6.54 Å². The molecule has 5 heteroatoms. The minimum absolute atomic E-state index is 0.177. The number of carboxylic acids is 1. The first-order valence-corrected chi connectivity index (χ1v) is 5.94. The van der Waals surface area contributed by atoms with Gasteiger partial charge in [0.1, 0.15) is 11.0 Å². The number of carbonyl (C=O) groups is 1. The predicted octanol–water partition coefficient (Wildman–Crippen LogP) is 2.57. The van der Waals surface area contributed by atoms with Crippen molar-refractivity contribution in [2.75, 3.05) is 0 Å². The van der Waals surface area contributed by atoms with E-state index < -0.39 is 5.97 Å². The van der Waals surface area contributed by atoms with Crippen molar-refractivity contribution >= 4 is 17.0 Å². The van der Waals surface area contributed by atoms with E-state index in [1.807, 2.05) is 0 Å². The summed E-state index contributed by atoms with van der Waals surface area (Å²) in [5, 5.41) is 17.2. The molecule has 0 saturated carbocycles. The summed E-state index contributed by atoms with van der Waals surface area (Å²) in [6.45, 7) is 7.10. The first kappa shape index (κ1) is 12.5. The van der Waals surface area contributed by atoms with E-state index in [0.29, 0.717) is 17.6 Å². The van der Waals surface area contributed by atoms with Crippen LogP contribution < -0.4 is 0 Å². The molecule has 0 atom stereocenters. The molecule has 0 fully saturated rings. The van der Waals surface area contributed by atoms with Crippen molar-refractivity contribution in [3.8, 4) is 0 Å². The highest BCUT2D eigenvalue weighted by Gasteiger charge is 2.16. The number of hydrogen-bond acceptors (Lipinski definition) is 3. The van der Waals surface area contributed by atoms with Crippen molar-refractivity contribution in [3.05, 3.63) is 23.8 Å². The second-order valence-electron chi connectivity index (χ2n) is 5.60. The first-order chi connectivity index (χ1) is 8.38. The standard InChI is InChI=1S/C13H17N3O2/c1-13(2,3)7-8-16-11-9(12(17)18)5-4-6-10(11)14-15-16/h4-6H,7-8H2,1-3H3,(H,17,18). The second-order valence-corrected chi connectivity index (χ2v) is 5.60. The van der Waals surface area contributed by atoms with Gasteiger partial charge in [-0.25, -0.2) is 9.48 Å². The molecule has 2 aromatic rings. The van der Waals surface area contributed by atoms with E-state index in [9.17, 15) is 9.90 Å². The van der Waals surface area contributed by atoms with Crippen LogP contribution in [0.5, 0.6) is 0 Å². The van der Waals surface area contributed by atoms with E-state index >= 15 is 0 Å². The SMILES string of the molecule is CC(C)(C)CCn1nnc2cccc(C(=O)O)c21. The third-order valence-electron chi connectivity index (χ3n) is 2.84. The van der Waals surface area contributed by atoms with E-state index in [-0.39, 0.29) is 11.0 Å². The van der Waals surface area contributed by atoms with Crippen LogP contribution in [0.25, 0.3) is 11.0 Å². The van der Waals surface area contributed by atoms with Crippen LogP contribution in [-0.4, -0.2) is 26.1 Å². The van der Waals surface area contributed by atoms with Crippen LogP contribution in [0.1, 0.15) is 37.6 Å². The van der Waals surface area contributed by atoms with Gasteiger partial charge < -0.3 is 5.11 Å². The van der Waals surface area contributed by atoms with Gasteiger partial charge in [-0.15, -0.1) is 5.10 Å². The number of hydrogen-bond donors (Lipinski definition) is 1. The molecule has 0 radical (unpaired) electrons. The monoisotopic (exact) mass is 247 g/mol. The molecule has 1 N–H and O–H groups in total. The summed E-state index contributed by atoms with van der Waals surface area (Å²) in [4.78, 5) is 11.2. The zero-order chi connectivity index (χ0) is 13.3. The van der Waals surface area contributed by atoms with Gasteiger partial charge in [0.2, 0.25) is 0 Å². The second kappa shape index (κ2) is 4.40. The molecule has 0 bridgehead atoms. The van der Waals surface area contributed by atoms with Crippen molar-refractivity contribution in [3.63, 3.8) is 0 Å². The molecule has 1 heterocycles. The Hall–Kier alpha value is -1.91. The number of rotatable bonds is 3. The van der Waals surface area contributed by atoms with Crippen molar-refractivity contribution in [1.29, 1.82) is 0 Å². The van der Waals surface area contributed by atoms with Crippen LogP contribution in [0, 0.1) is 5.41 Å². The minimum Gasteiger partial charge on any atom is -0.478 e. The maximum Gasteiger partial charge on any atom is 0.337 e. The molecule has 0 aliphatic rings. The fraction of sp³-hybridized carbons (Fsp3) is 0.462. The molecule has 1 aromatic heterocycles. The number of fused-ring (bicyclic) bond motifs is 1. The molecule has 18 heavy (non-hydrogen) atoms. The van der Waals surface area contributed by atoms with Crippen molar-refractivity contribution in [2.45, 2.75) is 33.7 Å². The summed E-state index contributed by atoms with van der Waals surface area (Å²) >= 11 is 0. The Labute approximate surface area is 105 Å². The van der Waals surface area contributed by atoms with Gasteiger partial charge in [-0.3, -0.25) is 0 Å². The molecule has 0 aliphatic heterocycles. The molecule has 5 nitrogen and oxygen atoms in total. The largest absolute Gasteiger partial charge is 0.478 e. The zero-order valence-electron chi connectivity index (χ0n) is 10.8. The number of aryl methyl sites for hydroxylation is 1. The third kappa shape index (κ3) is 2.50. The maximum absolute atomic E-state index is 11.2. The smallest absolute Gasteiger partial charge is 0.337 e. The Morgan fingerprint density at radius 2 is 2.11 bits per heavy atom. The molecule has 0 spiro atoms. The van der Waals surface area contributed by atoms with Crippen LogP contribution in [0.3, 0.4) is 0 Å². The van der Waals surface area contributed by atoms with Gasteiger partial charge in [0.25, 0.3) is 0 Å². The zero-order valence-corrected chi connectivity index (χ0v) is 10.8. The number of para-hydroxylation sites is 1. The van der Waals surface area contributed by atoms with Crippen LogP contribution >= 0.6 is 0 Å². The van der Waals surface area contributed by atoms with Crippen molar-refractivity contribution in [2.24, 2.45) is 5.41 Å². The number of aromatic carboxylic acids is 1. The number of carboxylic acid groups (broad SMARTS) is 1. The summed E-state index contributed by atoms with van der Waals surface area (Å²) < 4.78 is 1.68. The van der Waals surface area contributed by atoms with Gasteiger partial charge >= 0.3 is 5.97 Å². The van der Waals surface area contributed by atoms with Gasteiger partial charge in [0, 0.05) is 6.54 Å². The predicted molar refractivity (Wildman–Crippen MR) is 68.6 cm³/mol. The van der Waals surface area contributed by atoms with Crippen molar-refractivity contribution in [1.82, 2.24) is 15.0 Å². The highest BCUT2D eigenvalue weighted by Crippen LogP contribution is 2.22. The summed E-state index contributed by atoms with van der Waals surface area (Å²) in [7, 11) is 0. The average molecular weight is 247 g/mol. The Balaban J connectivity index is 2.42.